The molecular formula is C21H22N4O5S. The van der Waals surface area contributed by atoms with Crippen molar-refractivity contribution in [3.05, 3.63) is 46.1 Å². The Morgan fingerprint density at radius 1 is 1.19 bits per heavy atom. The molecule has 0 radical (unpaired) electrons. The molecule has 0 atom stereocenters. The molecule has 1 saturated heterocycles. The SMILES string of the molecule is Cc1cc(C)n(CCC(=O)NCCN2C(=O)S/C(=C/c3ccc4c(c3)OCO4)C2=O)n1. The van der Waals surface area contributed by atoms with Crippen molar-refractivity contribution in [3.63, 3.8) is 0 Å². The number of thioether (sulfide) groups is 1. The van der Waals surface area contributed by atoms with E-state index in [0.717, 1.165) is 33.6 Å². The molecule has 0 saturated carbocycles. The summed E-state index contributed by atoms with van der Waals surface area (Å²) in [6.07, 6.45) is 1.92. The van der Waals surface area contributed by atoms with Crippen molar-refractivity contribution in [1.82, 2.24) is 20.0 Å². The fraction of sp³-hybridized carbons (Fsp3) is 0.333. The Labute approximate surface area is 183 Å². The first-order valence-corrected chi connectivity index (χ1v) is 10.6. The minimum Gasteiger partial charge on any atom is -0.454 e. The first-order chi connectivity index (χ1) is 14.9. The molecule has 4 rings (SSSR count). The summed E-state index contributed by atoms with van der Waals surface area (Å²) in [4.78, 5) is 38.4. The van der Waals surface area contributed by atoms with Crippen molar-refractivity contribution < 1.29 is 23.9 Å². The summed E-state index contributed by atoms with van der Waals surface area (Å²) in [6, 6.07) is 7.28. The molecule has 1 aromatic heterocycles. The Balaban J connectivity index is 1.28. The number of fused-ring (bicyclic) bond motifs is 1. The number of hydrogen-bond acceptors (Lipinski definition) is 7. The van der Waals surface area contributed by atoms with Crippen LogP contribution in [0.25, 0.3) is 6.08 Å². The highest BCUT2D eigenvalue weighted by Gasteiger charge is 2.34. The van der Waals surface area contributed by atoms with Gasteiger partial charge in [0, 0.05) is 31.7 Å². The van der Waals surface area contributed by atoms with Crippen LogP contribution in [-0.2, 0) is 16.1 Å². The summed E-state index contributed by atoms with van der Waals surface area (Å²) in [6.45, 7) is 4.81. The molecule has 162 valence electrons. The lowest BCUT2D eigenvalue weighted by atomic mass is 10.2. The van der Waals surface area contributed by atoms with Crippen LogP contribution >= 0.6 is 11.8 Å². The molecule has 3 heterocycles. The van der Waals surface area contributed by atoms with E-state index < -0.39 is 0 Å². The molecule has 10 heteroatoms. The predicted octanol–water partition coefficient (Wildman–Crippen LogP) is 2.47. The van der Waals surface area contributed by atoms with E-state index in [1.54, 1.807) is 29.0 Å². The van der Waals surface area contributed by atoms with Crippen molar-refractivity contribution in [2.24, 2.45) is 0 Å². The van der Waals surface area contributed by atoms with Gasteiger partial charge in [-0.2, -0.15) is 5.10 Å². The summed E-state index contributed by atoms with van der Waals surface area (Å²) in [5.74, 6) is 0.731. The third-order valence-corrected chi connectivity index (χ3v) is 5.79. The van der Waals surface area contributed by atoms with Crippen LogP contribution in [0.2, 0.25) is 0 Å². The van der Waals surface area contributed by atoms with E-state index in [4.69, 9.17) is 9.47 Å². The van der Waals surface area contributed by atoms with Gasteiger partial charge in [-0.15, -0.1) is 0 Å². The summed E-state index contributed by atoms with van der Waals surface area (Å²) in [5, 5.41) is 6.72. The Morgan fingerprint density at radius 3 is 2.77 bits per heavy atom. The number of ether oxygens (including phenoxy) is 2. The quantitative estimate of drug-likeness (QED) is 0.657. The number of aromatic nitrogens is 2. The van der Waals surface area contributed by atoms with Crippen LogP contribution < -0.4 is 14.8 Å². The average molecular weight is 442 g/mol. The molecule has 2 aliphatic rings. The first kappa shape index (κ1) is 21.0. The molecule has 0 spiro atoms. The lowest BCUT2D eigenvalue weighted by Gasteiger charge is -2.13. The van der Waals surface area contributed by atoms with Crippen LogP contribution in [0.15, 0.2) is 29.2 Å². The number of carbonyl (C=O) groups is 3. The van der Waals surface area contributed by atoms with Crippen LogP contribution in [-0.4, -0.2) is 51.6 Å². The molecule has 0 aliphatic carbocycles. The molecule has 2 aliphatic heterocycles. The number of aryl methyl sites for hydroxylation is 3. The second-order valence-corrected chi connectivity index (χ2v) is 8.19. The van der Waals surface area contributed by atoms with Gasteiger partial charge in [-0.3, -0.25) is 24.0 Å². The molecule has 3 amide bonds. The number of nitrogens with zero attached hydrogens (tertiary/aromatic N) is 3. The Morgan fingerprint density at radius 2 is 2.00 bits per heavy atom. The fourth-order valence-electron chi connectivity index (χ4n) is 3.35. The van der Waals surface area contributed by atoms with E-state index in [-0.39, 0.29) is 43.4 Å². The molecule has 31 heavy (non-hydrogen) atoms. The van der Waals surface area contributed by atoms with Crippen molar-refractivity contribution in [2.75, 3.05) is 19.9 Å². The molecule has 2 aromatic rings. The third-order valence-electron chi connectivity index (χ3n) is 4.88. The van der Waals surface area contributed by atoms with Gasteiger partial charge in [0.25, 0.3) is 11.1 Å². The van der Waals surface area contributed by atoms with Crippen LogP contribution in [0.1, 0.15) is 23.4 Å². The van der Waals surface area contributed by atoms with E-state index in [0.29, 0.717) is 22.9 Å². The van der Waals surface area contributed by atoms with E-state index in [1.165, 1.54) is 0 Å². The summed E-state index contributed by atoms with van der Waals surface area (Å²) in [5.41, 5.74) is 2.65. The Kier molecular flexibility index (Phi) is 5.99. The van der Waals surface area contributed by atoms with Gasteiger partial charge in [-0.05, 0) is 55.4 Å². The lowest BCUT2D eigenvalue weighted by molar-refractivity contribution is -0.124. The van der Waals surface area contributed by atoms with Gasteiger partial charge in [-0.1, -0.05) is 6.07 Å². The van der Waals surface area contributed by atoms with Gasteiger partial charge in [-0.25, -0.2) is 0 Å². The maximum atomic E-state index is 12.6. The van der Waals surface area contributed by atoms with E-state index in [9.17, 15) is 14.4 Å². The topological polar surface area (TPSA) is 103 Å². The monoisotopic (exact) mass is 442 g/mol. The van der Waals surface area contributed by atoms with Crippen molar-refractivity contribution in [3.8, 4) is 11.5 Å². The number of imide groups is 1. The number of nitrogens with one attached hydrogen (secondary N) is 1. The second-order valence-electron chi connectivity index (χ2n) is 7.20. The van der Waals surface area contributed by atoms with Gasteiger partial charge < -0.3 is 14.8 Å². The highest BCUT2D eigenvalue weighted by molar-refractivity contribution is 8.18. The van der Waals surface area contributed by atoms with Crippen molar-refractivity contribution >= 4 is 34.9 Å². The zero-order chi connectivity index (χ0) is 22.0. The molecule has 0 unspecified atom stereocenters. The number of benzene rings is 1. The first-order valence-electron chi connectivity index (χ1n) is 9.83. The highest BCUT2D eigenvalue weighted by Crippen LogP contribution is 2.36. The fourth-order valence-corrected chi connectivity index (χ4v) is 4.22. The minimum atomic E-state index is -0.371. The molecule has 0 bridgehead atoms. The summed E-state index contributed by atoms with van der Waals surface area (Å²) < 4.78 is 12.4. The number of hydrogen-bond donors (Lipinski definition) is 1. The zero-order valence-electron chi connectivity index (χ0n) is 17.2. The summed E-state index contributed by atoms with van der Waals surface area (Å²) in [7, 11) is 0. The molecule has 9 nitrogen and oxygen atoms in total. The minimum absolute atomic E-state index is 0.120. The van der Waals surface area contributed by atoms with E-state index >= 15 is 0 Å². The predicted molar refractivity (Wildman–Crippen MR) is 115 cm³/mol. The Hall–Kier alpha value is -3.27. The third kappa shape index (κ3) is 4.74. The van der Waals surface area contributed by atoms with Crippen molar-refractivity contribution in [2.45, 2.75) is 26.8 Å². The van der Waals surface area contributed by atoms with Gasteiger partial charge in [0.15, 0.2) is 11.5 Å². The number of amides is 3. The van der Waals surface area contributed by atoms with Crippen LogP contribution in [0, 0.1) is 13.8 Å². The summed E-state index contributed by atoms with van der Waals surface area (Å²) >= 11 is 0.882. The highest BCUT2D eigenvalue weighted by atomic mass is 32.2. The molecule has 1 fully saturated rings. The number of rotatable bonds is 7. The van der Waals surface area contributed by atoms with Crippen LogP contribution in [0.4, 0.5) is 4.79 Å². The molecular weight excluding hydrogens is 420 g/mol. The van der Waals surface area contributed by atoms with E-state index in [2.05, 4.69) is 10.4 Å². The standard InChI is InChI=1S/C21H22N4O5S/c1-13-9-14(2)25(23-13)7-5-19(26)22-6-8-24-20(27)18(31-21(24)28)11-15-3-4-16-17(10-15)30-12-29-16/h3-4,9-11H,5-8,12H2,1-2H3,(H,22,26)/b18-11+. The Bertz CT molecular complexity index is 1080. The van der Waals surface area contributed by atoms with Crippen LogP contribution in [0.3, 0.4) is 0 Å². The normalized spacial score (nSPS) is 16.5. The van der Waals surface area contributed by atoms with Gasteiger partial charge in [0.05, 0.1) is 10.6 Å². The second kappa shape index (κ2) is 8.84. The average Bonchev–Trinajstić information content (AvgIpc) is 3.39. The van der Waals surface area contributed by atoms with Crippen LogP contribution in [0.5, 0.6) is 11.5 Å². The zero-order valence-corrected chi connectivity index (χ0v) is 18.0. The lowest BCUT2D eigenvalue weighted by Crippen LogP contribution is -2.37. The smallest absolute Gasteiger partial charge is 0.293 e. The largest absolute Gasteiger partial charge is 0.454 e. The van der Waals surface area contributed by atoms with Gasteiger partial charge in [0.2, 0.25) is 12.7 Å². The molecule has 1 N–H and O–H groups in total. The molecule has 1 aromatic carbocycles. The van der Waals surface area contributed by atoms with Crippen molar-refractivity contribution in [1.29, 1.82) is 0 Å². The maximum Gasteiger partial charge on any atom is 0.293 e. The maximum absolute atomic E-state index is 12.6. The van der Waals surface area contributed by atoms with E-state index in [1.807, 2.05) is 19.9 Å². The number of carbonyl (C=O) groups excluding carboxylic acids is 3. The van der Waals surface area contributed by atoms with Gasteiger partial charge >= 0.3 is 0 Å². The van der Waals surface area contributed by atoms with Gasteiger partial charge in [0.1, 0.15) is 0 Å².